The van der Waals surface area contributed by atoms with E-state index in [-0.39, 0.29) is 5.82 Å². The lowest BCUT2D eigenvalue weighted by Gasteiger charge is -2.22. The first-order valence-electron chi connectivity index (χ1n) is 7.16. The molecule has 0 saturated heterocycles. The van der Waals surface area contributed by atoms with Crippen LogP contribution < -0.4 is 5.32 Å². The van der Waals surface area contributed by atoms with E-state index in [0.29, 0.717) is 6.54 Å². The van der Waals surface area contributed by atoms with Crippen LogP contribution in [0.4, 0.5) is 4.39 Å². The molecule has 118 valence electrons. The predicted octanol–water partition coefficient (Wildman–Crippen LogP) is 2.84. The molecule has 0 unspecified atom stereocenters. The fraction of sp³-hybridized carbons (Fsp3) is 0.375. The molecule has 1 heterocycles. The van der Waals surface area contributed by atoms with Gasteiger partial charge in [-0.25, -0.2) is 9.37 Å². The first-order chi connectivity index (χ1) is 10.6. The summed E-state index contributed by atoms with van der Waals surface area (Å²) < 4.78 is 12.9. The van der Waals surface area contributed by atoms with Crippen molar-refractivity contribution in [2.75, 3.05) is 20.6 Å². The van der Waals surface area contributed by atoms with Gasteiger partial charge in [-0.2, -0.15) is 0 Å². The topological polar surface area (TPSA) is 40.5 Å². The van der Waals surface area contributed by atoms with Crippen molar-refractivity contribution >= 4 is 17.3 Å². The molecular weight excluding hydrogens is 299 g/mol. The van der Waals surface area contributed by atoms with Gasteiger partial charge in [-0.3, -0.25) is 4.99 Å². The van der Waals surface area contributed by atoms with Crippen molar-refractivity contribution in [3.63, 3.8) is 0 Å². The molecule has 2 rings (SSSR count). The Morgan fingerprint density at radius 1 is 1.36 bits per heavy atom. The zero-order valence-corrected chi connectivity index (χ0v) is 14.0. The molecule has 2 aromatic rings. The van der Waals surface area contributed by atoms with E-state index in [4.69, 9.17) is 0 Å². The second-order valence-corrected chi connectivity index (χ2v) is 6.39. The number of aliphatic imine (C=N–C) groups is 1. The van der Waals surface area contributed by atoms with Gasteiger partial charge >= 0.3 is 0 Å². The summed E-state index contributed by atoms with van der Waals surface area (Å²) in [5.74, 6) is 0.602. The molecule has 4 nitrogen and oxygen atoms in total. The van der Waals surface area contributed by atoms with Crippen LogP contribution in [0.2, 0.25) is 0 Å². The quantitative estimate of drug-likeness (QED) is 0.680. The van der Waals surface area contributed by atoms with E-state index in [1.165, 1.54) is 17.0 Å². The smallest absolute Gasteiger partial charge is 0.193 e. The number of aryl methyl sites for hydroxylation is 1. The van der Waals surface area contributed by atoms with E-state index in [1.807, 2.05) is 18.1 Å². The third-order valence-corrected chi connectivity index (χ3v) is 4.17. The molecule has 1 aromatic heterocycles. The van der Waals surface area contributed by atoms with Gasteiger partial charge < -0.3 is 10.2 Å². The minimum absolute atomic E-state index is 0.215. The number of hydrogen-bond acceptors (Lipinski definition) is 3. The Morgan fingerprint density at radius 2 is 2.09 bits per heavy atom. The lowest BCUT2D eigenvalue weighted by atomic mass is 10.2. The first kappa shape index (κ1) is 16.4. The summed E-state index contributed by atoms with van der Waals surface area (Å²) >= 11 is 1.72. The summed E-state index contributed by atoms with van der Waals surface area (Å²) in [6.45, 7) is 3.52. The van der Waals surface area contributed by atoms with Crippen molar-refractivity contribution in [3.05, 3.63) is 51.7 Å². The molecule has 22 heavy (non-hydrogen) atoms. The number of hydrogen-bond donors (Lipinski definition) is 1. The summed E-state index contributed by atoms with van der Waals surface area (Å²) in [7, 11) is 3.73. The number of nitrogens with one attached hydrogen (secondary N) is 1. The van der Waals surface area contributed by atoms with Gasteiger partial charge in [0.1, 0.15) is 5.82 Å². The number of halogens is 1. The summed E-state index contributed by atoms with van der Waals surface area (Å²) in [5, 5.41) is 4.45. The maximum absolute atomic E-state index is 12.9. The number of thiazole rings is 1. The van der Waals surface area contributed by atoms with Crippen LogP contribution in [0.3, 0.4) is 0 Å². The Kier molecular flexibility index (Phi) is 5.89. The van der Waals surface area contributed by atoms with Gasteiger partial charge in [-0.15, -0.1) is 11.3 Å². The summed E-state index contributed by atoms with van der Waals surface area (Å²) in [5.41, 5.74) is 1.04. The molecule has 0 radical (unpaired) electrons. The van der Waals surface area contributed by atoms with E-state index < -0.39 is 0 Å². The summed E-state index contributed by atoms with van der Waals surface area (Å²) in [6.07, 6.45) is 2.78. The van der Waals surface area contributed by atoms with Crippen LogP contribution in [0.5, 0.6) is 0 Å². The van der Waals surface area contributed by atoms with Gasteiger partial charge in [0, 0.05) is 44.7 Å². The average molecular weight is 320 g/mol. The van der Waals surface area contributed by atoms with Crippen molar-refractivity contribution in [1.82, 2.24) is 15.2 Å². The second kappa shape index (κ2) is 7.89. The highest BCUT2D eigenvalue weighted by Crippen LogP contribution is 2.11. The summed E-state index contributed by atoms with van der Waals surface area (Å²) in [4.78, 5) is 11.9. The molecule has 0 saturated carbocycles. The van der Waals surface area contributed by atoms with Gasteiger partial charge in [0.25, 0.3) is 0 Å². The third-order valence-electron chi connectivity index (χ3n) is 3.20. The maximum Gasteiger partial charge on any atom is 0.193 e. The van der Waals surface area contributed by atoms with E-state index in [0.717, 1.165) is 29.5 Å². The van der Waals surface area contributed by atoms with Crippen LogP contribution in [0.25, 0.3) is 0 Å². The van der Waals surface area contributed by atoms with Crippen LogP contribution in [0, 0.1) is 12.7 Å². The SMILES string of the molecule is CN=C(NCCc1ncc(C)s1)N(C)Cc1ccc(F)cc1. The largest absolute Gasteiger partial charge is 0.356 e. The second-order valence-electron chi connectivity index (χ2n) is 5.07. The number of aromatic nitrogens is 1. The summed E-state index contributed by atoms with van der Waals surface area (Å²) in [6, 6.07) is 6.53. The van der Waals surface area contributed by atoms with E-state index in [1.54, 1.807) is 30.5 Å². The zero-order valence-electron chi connectivity index (χ0n) is 13.1. The first-order valence-corrected chi connectivity index (χ1v) is 7.97. The van der Waals surface area contributed by atoms with E-state index >= 15 is 0 Å². The molecule has 0 fully saturated rings. The fourth-order valence-corrected chi connectivity index (χ4v) is 2.91. The minimum Gasteiger partial charge on any atom is -0.356 e. The van der Waals surface area contributed by atoms with Crippen molar-refractivity contribution in [2.45, 2.75) is 19.9 Å². The van der Waals surface area contributed by atoms with E-state index in [9.17, 15) is 4.39 Å². The maximum atomic E-state index is 12.9. The molecule has 1 N–H and O–H groups in total. The molecule has 0 aliphatic carbocycles. The molecule has 0 bridgehead atoms. The highest BCUT2D eigenvalue weighted by Gasteiger charge is 2.07. The van der Waals surface area contributed by atoms with Crippen LogP contribution in [0.15, 0.2) is 35.5 Å². The number of nitrogens with zero attached hydrogens (tertiary/aromatic N) is 3. The fourth-order valence-electron chi connectivity index (χ4n) is 2.12. The lowest BCUT2D eigenvalue weighted by Crippen LogP contribution is -2.39. The van der Waals surface area contributed by atoms with Gasteiger partial charge in [0.2, 0.25) is 0 Å². The van der Waals surface area contributed by atoms with Gasteiger partial charge in [-0.1, -0.05) is 12.1 Å². The number of benzene rings is 1. The molecular formula is C16H21FN4S. The highest BCUT2D eigenvalue weighted by molar-refractivity contribution is 7.11. The Balaban J connectivity index is 1.83. The molecule has 0 amide bonds. The van der Waals surface area contributed by atoms with Crippen molar-refractivity contribution in [2.24, 2.45) is 4.99 Å². The Labute approximate surface area is 134 Å². The van der Waals surface area contributed by atoms with E-state index in [2.05, 4.69) is 22.2 Å². The Hall–Kier alpha value is -1.95. The molecule has 0 aliphatic rings. The van der Waals surface area contributed by atoms with Crippen LogP contribution >= 0.6 is 11.3 Å². The molecule has 0 spiro atoms. The molecule has 1 aromatic carbocycles. The van der Waals surface area contributed by atoms with Gasteiger partial charge in [0.05, 0.1) is 5.01 Å². The monoisotopic (exact) mass is 320 g/mol. The zero-order chi connectivity index (χ0) is 15.9. The van der Waals surface area contributed by atoms with Crippen LogP contribution in [-0.2, 0) is 13.0 Å². The Morgan fingerprint density at radius 3 is 2.68 bits per heavy atom. The lowest BCUT2D eigenvalue weighted by molar-refractivity contribution is 0.476. The third kappa shape index (κ3) is 4.80. The average Bonchev–Trinajstić information content (AvgIpc) is 2.91. The number of guanidine groups is 1. The van der Waals surface area contributed by atoms with Crippen molar-refractivity contribution in [1.29, 1.82) is 0 Å². The predicted molar refractivity (Wildman–Crippen MR) is 89.8 cm³/mol. The van der Waals surface area contributed by atoms with Crippen LogP contribution in [0.1, 0.15) is 15.4 Å². The molecule has 0 atom stereocenters. The molecule has 6 heteroatoms. The normalized spacial score (nSPS) is 11.5. The Bertz CT molecular complexity index is 621. The van der Waals surface area contributed by atoms with Crippen molar-refractivity contribution < 1.29 is 4.39 Å². The molecule has 0 aliphatic heterocycles. The highest BCUT2D eigenvalue weighted by atomic mass is 32.1. The van der Waals surface area contributed by atoms with Gasteiger partial charge in [-0.05, 0) is 24.6 Å². The number of rotatable bonds is 5. The van der Waals surface area contributed by atoms with Gasteiger partial charge in [0.15, 0.2) is 5.96 Å². The minimum atomic E-state index is -0.215. The van der Waals surface area contributed by atoms with Crippen LogP contribution in [-0.4, -0.2) is 36.5 Å². The van der Waals surface area contributed by atoms with Crippen molar-refractivity contribution in [3.8, 4) is 0 Å². The standard InChI is InChI=1S/C16H21FN4S/c1-12-10-20-15(22-12)8-9-19-16(18-2)21(3)11-13-4-6-14(17)7-5-13/h4-7,10H,8-9,11H2,1-3H3,(H,18,19).